The maximum atomic E-state index is 5.84. The highest BCUT2D eigenvalue weighted by atomic mass is 16.5. The van der Waals surface area contributed by atoms with Crippen LogP contribution in [0.3, 0.4) is 0 Å². The first-order valence-electron chi connectivity index (χ1n) is 5.95. The lowest BCUT2D eigenvalue weighted by atomic mass is 9.89. The van der Waals surface area contributed by atoms with Crippen molar-refractivity contribution >= 4 is 0 Å². The largest absolute Gasteiger partial charge is 0.473 e. The summed E-state index contributed by atoms with van der Waals surface area (Å²) in [6.07, 6.45) is 8.44. The standard InChI is InChI=1S/C12H19N3O/c1-9-3-2-4-11(5-9)16-12-8-14-7-10(6-13)15-12/h7-9,11H,2-6,13H2,1H3. The van der Waals surface area contributed by atoms with Crippen LogP contribution in [0.25, 0.3) is 0 Å². The maximum Gasteiger partial charge on any atom is 0.232 e. The van der Waals surface area contributed by atoms with Crippen molar-refractivity contribution in [3.8, 4) is 5.88 Å². The molecule has 2 rings (SSSR count). The fourth-order valence-electron chi connectivity index (χ4n) is 2.20. The molecule has 0 spiro atoms. The van der Waals surface area contributed by atoms with E-state index in [1.54, 1.807) is 12.4 Å². The molecule has 0 amide bonds. The molecule has 1 saturated carbocycles. The van der Waals surface area contributed by atoms with E-state index in [9.17, 15) is 0 Å². The molecule has 1 aromatic heterocycles. The van der Waals surface area contributed by atoms with E-state index in [-0.39, 0.29) is 0 Å². The van der Waals surface area contributed by atoms with Gasteiger partial charge < -0.3 is 10.5 Å². The van der Waals surface area contributed by atoms with Crippen LogP contribution in [0, 0.1) is 5.92 Å². The number of aromatic nitrogens is 2. The van der Waals surface area contributed by atoms with Gasteiger partial charge in [-0.2, -0.15) is 0 Å². The maximum absolute atomic E-state index is 5.84. The molecule has 4 heteroatoms. The van der Waals surface area contributed by atoms with Crippen molar-refractivity contribution in [3.05, 3.63) is 18.1 Å². The lowest BCUT2D eigenvalue weighted by Crippen LogP contribution is -2.24. The monoisotopic (exact) mass is 221 g/mol. The van der Waals surface area contributed by atoms with Gasteiger partial charge in [0.05, 0.1) is 11.9 Å². The van der Waals surface area contributed by atoms with E-state index in [2.05, 4.69) is 16.9 Å². The first-order chi connectivity index (χ1) is 7.78. The van der Waals surface area contributed by atoms with Gasteiger partial charge in [0.2, 0.25) is 5.88 Å². The molecule has 1 heterocycles. The predicted octanol–water partition coefficient (Wildman–Crippen LogP) is 1.89. The highest BCUT2D eigenvalue weighted by Crippen LogP contribution is 2.26. The van der Waals surface area contributed by atoms with Crippen molar-refractivity contribution in [2.24, 2.45) is 11.7 Å². The highest BCUT2D eigenvalue weighted by molar-refractivity contribution is 5.08. The van der Waals surface area contributed by atoms with E-state index in [1.165, 1.54) is 12.8 Å². The molecule has 0 radical (unpaired) electrons. The molecule has 1 aliphatic carbocycles. The summed E-state index contributed by atoms with van der Waals surface area (Å²) < 4.78 is 5.84. The molecule has 0 bridgehead atoms. The van der Waals surface area contributed by atoms with Crippen LogP contribution < -0.4 is 10.5 Å². The quantitative estimate of drug-likeness (QED) is 0.846. The number of nitrogens with two attached hydrogens (primary N) is 1. The van der Waals surface area contributed by atoms with Crippen molar-refractivity contribution in [3.63, 3.8) is 0 Å². The molecule has 1 fully saturated rings. The van der Waals surface area contributed by atoms with E-state index in [1.807, 2.05) is 0 Å². The zero-order valence-electron chi connectivity index (χ0n) is 9.72. The Morgan fingerprint density at radius 2 is 2.31 bits per heavy atom. The summed E-state index contributed by atoms with van der Waals surface area (Å²) in [5.41, 5.74) is 6.29. The number of nitrogens with zero attached hydrogens (tertiary/aromatic N) is 2. The number of hydrogen-bond donors (Lipinski definition) is 1. The summed E-state index contributed by atoms with van der Waals surface area (Å²) >= 11 is 0. The van der Waals surface area contributed by atoms with Crippen LogP contribution in [-0.2, 0) is 6.54 Å². The van der Waals surface area contributed by atoms with Crippen LogP contribution in [0.2, 0.25) is 0 Å². The molecule has 0 aromatic carbocycles. The van der Waals surface area contributed by atoms with Gasteiger partial charge in [0.25, 0.3) is 0 Å². The van der Waals surface area contributed by atoms with Gasteiger partial charge in [-0.1, -0.05) is 13.3 Å². The zero-order chi connectivity index (χ0) is 11.4. The average molecular weight is 221 g/mol. The van der Waals surface area contributed by atoms with Gasteiger partial charge in [0.1, 0.15) is 6.10 Å². The number of rotatable bonds is 3. The van der Waals surface area contributed by atoms with Gasteiger partial charge in [0.15, 0.2) is 0 Å². The second kappa shape index (κ2) is 5.25. The van der Waals surface area contributed by atoms with Gasteiger partial charge in [-0.05, 0) is 25.2 Å². The van der Waals surface area contributed by atoms with Crippen LogP contribution in [0.4, 0.5) is 0 Å². The third-order valence-electron chi connectivity index (χ3n) is 3.05. The van der Waals surface area contributed by atoms with Crippen molar-refractivity contribution in [2.75, 3.05) is 0 Å². The van der Waals surface area contributed by atoms with E-state index in [0.717, 1.165) is 24.5 Å². The van der Waals surface area contributed by atoms with Crippen LogP contribution in [0.15, 0.2) is 12.4 Å². The van der Waals surface area contributed by atoms with Crippen molar-refractivity contribution in [1.29, 1.82) is 0 Å². The molecule has 0 saturated heterocycles. The summed E-state index contributed by atoms with van der Waals surface area (Å²) in [5.74, 6) is 1.37. The Hall–Kier alpha value is -1.16. The van der Waals surface area contributed by atoms with E-state index in [0.29, 0.717) is 18.5 Å². The van der Waals surface area contributed by atoms with Crippen molar-refractivity contribution in [1.82, 2.24) is 9.97 Å². The Labute approximate surface area is 96.2 Å². The second-order valence-corrected chi connectivity index (χ2v) is 4.56. The first-order valence-corrected chi connectivity index (χ1v) is 5.95. The minimum atomic E-state index is 0.297. The minimum absolute atomic E-state index is 0.297. The molecule has 2 atom stereocenters. The fraction of sp³-hybridized carbons (Fsp3) is 0.667. The summed E-state index contributed by atoms with van der Waals surface area (Å²) in [6, 6.07) is 0. The molecule has 16 heavy (non-hydrogen) atoms. The molecule has 2 unspecified atom stereocenters. The summed E-state index contributed by atoms with van der Waals surface area (Å²) in [7, 11) is 0. The Kier molecular flexibility index (Phi) is 3.72. The Balaban J connectivity index is 1.97. The van der Waals surface area contributed by atoms with E-state index >= 15 is 0 Å². The molecule has 1 aromatic rings. The SMILES string of the molecule is CC1CCCC(Oc2cncc(CN)n2)C1. The predicted molar refractivity (Wildman–Crippen MR) is 62.0 cm³/mol. The molecular formula is C12H19N3O. The van der Waals surface area contributed by atoms with Gasteiger partial charge in [0, 0.05) is 12.7 Å². The van der Waals surface area contributed by atoms with Crippen molar-refractivity contribution in [2.45, 2.75) is 45.3 Å². The van der Waals surface area contributed by atoms with E-state index < -0.39 is 0 Å². The summed E-state index contributed by atoms with van der Waals surface area (Å²) in [6.45, 7) is 2.68. The Morgan fingerprint density at radius 3 is 3.06 bits per heavy atom. The highest BCUT2D eigenvalue weighted by Gasteiger charge is 2.20. The van der Waals surface area contributed by atoms with Gasteiger partial charge in [-0.3, -0.25) is 4.98 Å². The third-order valence-corrected chi connectivity index (χ3v) is 3.05. The average Bonchev–Trinajstić information content (AvgIpc) is 2.29. The lowest BCUT2D eigenvalue weighted by molar-refractivity contribution is 0.123. The van der Waals surface area contributed by atoms with Crippen LogP contribution in [-0.4, -0.2) is 16.1 Å². The van der Waals surface area contributed by atoms with Crippen LogP contribution in [0.1, 0.15) is 38.3 Å². The zero-order valence-corrected chi connectivity index (χ0v) is 9.72. The van der Waals surface area contributed by atoms with Gasteiger partial charge >= 0.3 is 0 Å². The molecule has 4 nitrogen and oxygen atoms in total. The smallest absolute Gasteiger partial charge is 0.232 e. The van der Waals surface area contributed by atoms with Gasteiger partial charge in [-0.15, -0.1) is 0 Å². The fourth-order valence-corrected chi connectivity index (χ4v) is 2.20. The molecule has 1 aliphatic rings. The van der Waals surface area contributed by atoms with Crippen LogP contribution >= 0.6 is 0 Å². The first kappa shape index (κ1) is 11.3. The normalized spacial score (nSPS) is 25.4. The number of hydrogen-bond acceptors (Lipinski definition) is 4. The molecule has 0 aliphatic heterocycles. The molecular weight excluding hydrogens is 202 g/mol. The number of ether oxygens (including phenoxy) is 1. The van der Waals surface area contributed by atoms with Crippen LogP contribution in [0.5, 0.6) is 5.88 Å². The Bertz CT molecular complexity index is 343. The van der Waals surface area contributed by atoms with Gasteiger partial charge in [-0.25, -0.2) is 4.98 Å². The summed E-state index contributed by atoms with van der Waals surface area (Å²) in [5, 5.41) is 0. The third kappa shape index (κ3) is 2.92. The summed E-state index contributed by atoms with van der Waals surface area (Å²) in [4.78, 5) is 8.37. The van der Waals surface area contributed by atoms with E-state index in [4.69, 9.17) is 10.5 Å². The topological polar surface area (TPSA) is 61.0 Å². The molecule has 88 valence electrons. The second-order valence-electron chi connectivity index (χ2n) is 4.56. The minimum Gasteiger partial charge on any atom is -0.473 e. The lowest BCUT2D eigenvalue weighted by Gasteiger charge is -2.26. The molecule has 2 N–H and O–H groups in total. The Morgan fingerprint density at radius 1 is 1.44 bits per heavy atom. The van der Waals surface area contributed by atoms with Crippen molar-refractivity contribution < 1.29 is 4.74 Å².